The fraction of sp³-hybridized carbons (Fsp3) is 1.00. The quantitative estimate of drug-likeness (QED) is 0.380. The summed E-state index contributed by atoms with van der Waals surface area (Å²) >= 11 is 0. The van der Waals surface area contributed by atoms with Gasteiger partial charge in [0.25, 0.3) is 0 Å². The van der Waals surface area contributed by atoms with E-state index in [-0.39, 0.29) is 29.6 Å². The zero-order valence-electron chi connectivity index (χ0n) is 9.70. The fourth-order valence-electron chi connectivity index (χ4n) is 0.879. The molecule has 0 aromatic rings. The van der Waals surface area contributed by atoms with Crippen molar-refractivity contribution < 1.29 is 86.4 Å². The molecule has 3 nitrogen and oxygen atoms in total. The van der Waals surface area contributed by atoms with E-state index in [9.17, 15) is 56.9 Å². The second kappa shape index (κ2) is 6.37. The molecule has 0 saturated carbocycles. The molecule has 0 aliphatic carbocycles. The molecule has 0 amide bonds. The molecular weight excluding hydrogens is 365 g/mol. The van der Waals surface area contributed by atoms with Gasteiger partial charge in [0, 0.05) is 0 Å². The summed E-state index contributed by atoms with van der Waals surface area (Å²) in [4.78, 5) is 0. The number of hydrogen-bond acceptors (Lipinski definition) is 3. The van der Waals surface area contributed by atoms with Crippen molar-refractivity contribution in [3.63, 3.8) is 0 Å². The Morgan fingerprint density at radius 2 is 1.24 bits per heavy atom. The average molecular weight is 368 g/mol. The molecular formula is C6H3F10NaO3S. The van der Waals surface area contributed by atoms with Crippen molar-refractivity contribution in [3.8, 4) is 0 Å². The molecule has 0 spiro atoms. The molecule has 0 aromatic heterocycles. The van der Waals surface area contributed by atoms with Gasteiger partial charge < -0.3 is 4.55 Å². The smallest absolute Gasteiger partial charge is 0.743 e. The van der Waals surface area contributed by atoms with Crippen molar-refractivity contribution in [3.05, 3.63) is 0 Å². The van der Waals surface area contributed by atoms with E-state index >= 15 is 0 Å². The molecule has 0 aromatic carbocycles. The maximum absolute atomic E-state index is 12.6. The summed E-state index contributed by atoms with van der Waals surface area (Å²) in [5, 5.41) is -7.00. The Labute approximate surface area is 132 Å². The van der Waals surface area contributed by atoms with E-state index in [1.165, 1.54) is 0 Å². The zero-order valence-corrected chi connectivity index (χ0v) is 12.5. The Bertz CT molecular complexity index is 458. The summed E-state index contributed by atoms with van der Waals surface area (Å²) in [5.74, 6) is -13.9. The average Bonchev–Trinajstić information content (AvgIpc) is 2.12. The third-order valence-corrected chi connectivity index (χ3v) is 2.79. The van der Waals surface area contributed by atoms with Gasteiger partial charge in [0.05, 0.1) is 6.42 Å². The van der Waals surface area contributed by atoms with Gasteiger partial charge in [0.1, 0.15) is 0 Å². The van der Waals surface area contributed by atoms with Crippen molar-refractivity contribution in [2.75, 3.05) is 0 Å². The Hall–Kier alpha value is 0.210. The van der Waals surface area contributed by atoms with Crippen LogP contribution in [0.5, 0.6) is 0 Å². The van der Waals surface area contributed by atoms with Gasteiger partial charge in [-0.25, -0.2) is 12.8 Å². The van der Waals surface area contributed by atoms with Gasteiger partial charge >= 0.3 is 52.8 Å². The molecule has 1 atom stereocenters. The molecule has 0 radical (unpaired) electrons. The summed E-state index contributed by atoms with van der Waals surface area (Å²) < 4.78 is 152. The Kier molecular flexibility index (Phi) is 7.12. The van der Waals surface area contributed by atoms with Crippen LogP contribution in [0, 0.1) is 0 Å². The van der Waals surface area contributed by atoms with Gasteiger partial charge in [0.2, 0.25) is 0 Å². The second-order valence-corrected chi connectivity index (χ2v) is 4.88. The molecule has 0 fully saturated rings. The number of rotatable bonds is 5. The molecule has 0 N–H and O–H groups in total. The van der Waals surface area contributed by atoms with Crippen LogP contribution in [-0.4, -0.2) is 42.4 Å². The van der Waals surface area contributed by atoms with E-state index in [0.717, 1.165) is 0 Å². The summed E-state index contributed by atoms with van der Waals surface area (Å²) in [6.45, 7) is 0. The van der Waals surface area contributed by atoms with E-state index < -0.39 is 46.0 Å². The van der Waals surface area contributed by atoms with E-state index in [1.807, 2.05) is 0 Å². The largest absolute Gasteiger partial charge is 1.00 e. The fourth-order valence-corrected chi connectivity index (χ4v) is 1.33. The summed E-state index contributed by atoms with van der Waals surface area (Å²) in [6, 6.07) is 0. The SMILES string of the molecule is O=S(=O)([O-])C(F)(F)C(F)(F)C(F)(F)C(F)CC(F)(F)F.[Na+]. The molecule has 21 heavy (non-hydrogen) atoms. The predicted octanol–water partition coefficient (Wildman–Crippen LogP) is -0.310. The number of alkyl halides is 10. The summed E-state index contributed by atoms with van der Waals surface area (Å²) in [7, 11) is -7.38. The van der Waals surface area contributed by atoms with Gasteiger partial charge in [0.15, 0.2) is 16.3 Å². The van der Waals surface area contributed by atoms with Gasteiger partial charge in [-0.05, 0) is 0 Å². The van der Waals surface area contributed by atoms with Gasteiger partial charge in [-0.3, -0.25) is 0 Å². The minimum atomic E-state index is -7.38. The topological polar surface area (TPSA) is 57.2 Å². The molecule has 0 saturated heterocycles. The van der Waals surface area contributed by atoms with Crippen molar-refractivity contribution in [2.45, 2.75) is 35.9 Å². The molecule has 15 heteroatoms. The molecule has 0 aliphatic rings. The first kappa shape index (κ1) is 23.5. The van der Waals surface area contributed by atoms with Crippen molar-refractivity contribution >= 4 is 10.1 Å². The maximum Gasteiger partial charge on any atom is 1.00 e. The summed E-state index contributed by atoms with van der Waals surface area (Å²) in [5.41, 5.74) is 0. The first-order valence-electron chi connectivity index (χ1n) is 4.17. The summed E-state index contributed by atoms with van der Waals surface area (Å²) in [6.07, 6.45) is -13.9. The van der Waals surface area contributed by atoms with Crippen LogP contribution in [0.15, 0.2) is 0 Å². The van der Waals surface area contributed by atoms with E-state index in [0.29, 0.717) is 0 Å². The first-order valence-corrected chi connectivity index (χ1v) is 5.58. The normalized spacial score (nSPS) is 16.3. The standard InChI is InChI=1S/C6H4F10O3S.Na/c7-2(1-3(8,9)10)4(11,12)5(13,14)6(15,16)20(17,18)19;/h2H,1H2,(H,17,18,19);/q;+1/p-1. The van der Waals surface area contributed by atoms with Gasteiger partial charge in [-0.15, -0.1) is 0 Å². The molecule has 0 rings (SSSR count). The van der Waals surface area contributed by atoms with Crippen LogP contribution in [0.1, 0.15) is 6.42 Å². The van der Waals surface area contributed by atoms with E-state index in [2.05, 4.69) is 0 Å². The van der Waals surface area contributed by atoms with Crippen molar-refractivity contribution in [2.24, 2.45) is 0 Å². The Morgan fingerprint density at radius 1 is 0.905 bits per heavy atom. The monoisotopic (exact) mass is 368 g/mol. The van der Waals surface area contributed by atoms with Crippen LogP contribution in [-0.2, 0) is 10.1 Å². The Balaban J connectivity index is 0. The maximum atomic E-state index is 12.6. The molecule has 122 valence electrons. The minimum Gasteiger partial charge on any atom is -0.743 e. The third-order valence-electron chi connectivity index (χ3n) is 1.90. The van der Waals surface area contributed by atoms with E-state index in [1.54, 1.807) is 0 Å². The minimum absolute atomic E-state index is 0. The van der Waals surface area contributed by atoms with Crippen molar-refractivity contribution in [1.29, 1.82) is 0 Å². The first-order chi connectivity index (χ1) is 8.38. The van der Waals surface area contributed by atoms with Gasteiger partial charge in [-0.2, -0.15) is 39.5 Å². The molecule has 0 bridgehead atoms. The van der Waals surface area contributed by atoms with Crippen LogP contribution in [0.3, 0.4) is 0 Å². The van der Waals surface area contributed by atoms with Crippen LogP contribution in [0.25, 0.3) is 0 Å². The van der Waals surface area contributed by atoms with Crippen LogP contribution in [0.2, 0.25) is 0 Å². The zero-order chi connectivity index (χ0) is 16.8. The second-order valence-electron chi connectivity index (χ2n) is 3.46. The molecule has 0 aliphatic heterocycles. The molecule has 0 heterocycles. The number of halogens is 10. The van der Waals surface area contributed by atoms with Crippen molar-refractivity contribution in [1.82, 2.24) is 0 Å². The van der Waals surface area contributed by atoms with Crippen LogP contribution in [0.4, 0.5) is 43.9 Å². The van der Waals surface area contributed by atoms with Crippen LogP contribution < -0.4 is 29.6 Å². The van der Waals surface area contributed by atoms with Gasteiger partial charge in [-0.1, -0.05) is 0 Å². The number of hydrogen-bond donors (Lipinski definition) is 0. The van der Waals surface area contributed by atoms with Crippen LogP contribution >= 0.6 is 0 Å². The Morgan fingerprint density at radius 3 is 1.48 bits per heavy atom. The molecule has 1 unspecified atom stereocenters. The van der Waals surface area contributed by atoms with E-state index in [4.69, 9.17) is 0 Å². The third kappa shape index (κ3) is 4.59. The predicted molar refractivity (Wildman–Crippen MR) is 40.1 cm³/mol.